The summed E-state index contributed by atoms with van der Waals surface area (Å²) in [5.74, 6) is -3.26. The predicted octanol–water partition coefficient (Wildman–Crippen LogP) is 3.04. The zero-order valence-corrected chi connectivity index (χ0v) is 28.6. The molecular formula is C37H40N2O12. The molecule has 4 aliphatic rings. The summed E-state index contributed by atoms with van der Waals surface area (Å²) in [5.41, 5.74) is 2.56. The third-order valence-corrected chi connectivity index (χ3v) is 9.08. The van der Waals surface area contributed by atoms with E-state index in [-0.39, 0.29) is 53.7 Å². The molecule has 14 heteroatoms. The lowest BCUT2D eigenvalue weighted by molar-refractivity contribution is -0.164. The fourth-order valence-electron chi connectivity index (χ4n) is 6.44. The van der Waals surface area contributed by atoms with Crippen LogP contribution in [-0.4, -0.2) is 96.5 Å². The average molecular weight is 705 g/mol. The molecule has 4 atom stereocenters. The minimum atomic E-state index is -1.15. The minimum absolute atomic E-state index is 0.0218. The number of ether oxygens (including phenoxy) is 5. The Morgan fingerprint density at radius 1 is 0.667 bits per heavy atom. The molecule has 2 unspecified atom stereocenters. The van der Waals surface area contributed by atoms with Crippen LogP contribution in [0.2, 0.25) is 0 Å². The van der Waals surface area contributed by atoms with Crippen LogP contribution in [0.3, 0.4) is 0 Å². The van der Waals surface area contributed by atoms with Gasteiger partial charge in [-0.3, -0.25) is 19.4 Å². The van der Waals surface area contributed by atoms with E-state index in [1.165, 1.54) is 31.1 Å². The number of β-lactam (4-membered cyclic amide) rings is 2. The quantitative estimate of drug-likeness (QED) is 0.148. The van der Waals surface area contributed by atoms with E-state index in [2.05, 4.69) is 0 Å². The first-order valence-corrected chi connectivity index (χ1v) is 16.6. The van der Waals surface area contributed by atoms with Gasteiger partial charge in [-0.15, -0.1) is 0 Å². The van der Waals surface area contributed by atoms with Crippen LogP contribution in [0.25, 0.3) is 0 Å². The summed E-state index contributed by atoms with van der Waals surface area (Å²) in [6.07, 6.45) is 2.59. The van der Waals surface area contributed by atoms with Crippen molar-refractivity contribution in [3.8, 4) is 0 Å². The summed E-state index contributed by atoms with van der Waals surface area (Å²) < 4.78 is 25.7. The van der Waals surface area contributed by atoms with Gasteiger partial charge in [0.05, 0.1) is 45.3 Å². The Kier molecular flexibility index (Phi) is 11.7. The van der Waals surface area contributed by atoms with Gasteiger partial charge in [0.1, 0.15) is 11.5 Å². The van der Waals surface area contributed by atoms with Gasteiger partial charge in [-0.25, -0.2) is 19.2 Å². The molecule has 0 radical (unpaired) electrons. The lowest BCUT2D eigenvalue weighted by Gasteiger charge is -2.33. The zero-order valence-electron chi connectivity index (χ0n) is 28.6. The van der Waals surface area contributed by atoms with Gasteiger partial charge in [0.25, 0.3) is 0 Å². The number of carboxylic acids is 1. The second-order valence-corrected chi connectivity index (χ2v) is 12.2. The number of rotatable bonds is 12. The topological polar surface area (TPSA) is 175 Å². The van der Waals surface area contributed by atoms with E-state index in [1.807, 2.05) is 60.7 Å². The minimum Gasteiger partial charge on any atom is -0.478 e. The first kappa shape index (κ1) is 36.6. The third-order valence-electron chi connectivity index (χ3n) is 9.08. The summed E-state index contributed by atoms with van der Waals surface area (Å²) in [6, 6.07) is 17.5. The van der Waals surface area contributed by atoms with E-state index in [4.69, 9.17) is 23.7 Å². The van der Waals surface area contributed by atoms with Gasteiger partial charge < -0.3 is 28.8 Å². The molecule has 2 amide bonds. The zero-order chi connectivity index (χ0) is 36.7. The van der Waals surface area contributed by atoms with Gasteiger partial charge in [0, 0.05) is 0 Å². The number of nitrogens with zero attached hydrogens (tertiary/aromatic N) is 2. The number of carbonyl (C=O) groups excluding carboxylic acids is 5. The molecule has 0 aliphatic carbocycles. The lowest BCUT2D eigenvalue weighted by Crippen LogP contribution is -2.55. The van der Waals surface area contributed by atoms with Gasteiger partial charge in [-0.1, -0.05) is 60.7 Å². The highest BCUT2D eigenvalue weighted by Crippen LogP contribution is 2.40. The highest BCUT2D eigenvalue weighted by molar-refractivity contribution is 5.96. The molecule has 270 valence electrons. The standard InChI is InChI=1S/C19H21NO6.C18H19NO6/c1-24-18(22)13(10-6-9-12-7-4-3-5-8-12)17-16(19(23)25-2)20-14(21)11-15(20)26-17;1-24-18(23)15-16(25-14-10-13(20)19(14)15)12(17(21)22)9-5-8-11-6-3-2-4-7-11/h3-5,7-8,15-16H,6,9-11H2,1-2H3;2-4,6-7,14-15H,5,8-10H2,1H3,(H,21,22)/t15-,16?;14-,15?/m11/s1. The second-order valence-electron chi connectivity index (χ2n) is 12.2. The number of methoxy groups -OCH3 is 3. The van der Waals surface area contributed by atoms with Crippen molar-refractivity contribution in [2.24, 2.45) is 0 Å². The Hall–Kier alpha value is -5.66. The molecule has 4 fully saturated rings. The average Bonchev–Trinajstić information content (AvgIpc) is 3.62. The maximum Gasteiger partial charge on any atom is 0.337 e. The van der Waals surface area contributed by atoms with Gasteiger partial charge >= 0.3 is 23.9 Å². The molecular weight excluding hydrogens is 664 g/mol. The lowest BCUT2D eigenvalue weighted by atomic mass is 10.00. The number of amides is 2. The first-order valence-electron chi connectivity index (χ1n) is 16.6. The Labute approximate surface area is 294 Å². The van der Waals surface area contributed by atoms with Crippen LogP contribution in [-0.2, 0) is 65.3 Å². The summed E-state index contributed by atoms with van der Waals surface area (Å²) in [6.45, 7) is 0. The van der Waals surface area contributed by atoms with Crippen molar-refractivity contribution in [2.45, 2.75) is 75.9 Å². The Morgan fingerprint density at radius 2 is 1.08 bits per heavy atom. The van der Waals surface area contributed by atoms with Crippen molar-refractivity contribution >= 4 is 35.7 Å². The van der Waals surface area contributed by atoms with Crippen molar-refractivity contribution in [1.29, 1.82) is 0 Å². The monoisotopic (exact) mass is 704 g/mol. The molecule has 0 saturated carbocycles. The Morgan fingerprint density at radius 3 is 1.45 bits per heavy atom. The summed E-state index contributed by atoms with van der Waals surface area (Å²) in [7, 11) is 3.72. The van der Waals surface area contributed by atoms with Crippen LogP contribution in [0.5, 0.6) is 0 Å². The van der Waals surface area contributed by atoms with Crippen molar-refractivity contribution in [2.75, 3.05) is 21.3 Å². The number of hydrogen-bond donors (Lipinski definition) is 1. The maximum atomic E-state index is 12.3. The molecule has 0 spiro atoms. The van der Waals surface area contributed by atoms with Crippen LogP contribution in [0.15, 0.2) is 83.3 Å². The first-order chi connectivity index (χ1) is 24.6. The summed E-state index contributed by atoms with van der Waals surface area (Å²) >= 11 is 0. The third kappa shape index (κ3) is 7.89. The SMILES string of the molecule is COC(=O)C(CCCc1ccccc1)=C1O[C@@H]2CC(=O)N2C1C(=O)OC.COC(=O)C1C(=C(CCCc2ccccc2)C(=O)O)O[C@@H]2CC(=O)N12. The normalized spacial score (nSPS) is 23.1. The molecule has 2 aromatic carbocycles. The largest absolute Gasteiger partial charge is 0.478 e. The van der Waals surface area contributed by atoms with E-state index in [1.54, 1.807) is 0 Å². The number of carbonyl (C=O) groups is 6. The maximum absolute atomic E-state index is 12.3. The molecule has 4 heterocycles. The van der Waals surface area contributed by atoms with Crippen LogP contribution >= 0.6 is 0 Å². The van der Waals surface area contributed by atoms with Crippen molar-refractivity contribution < 1.29 is 57.6 Å². The van der Waals surface area contributed by atoms with Crippen molar-refractivity contribution in [3.63, 3.8) is 0 Å². The van der Waals surface area contributed by atoms with Gasteiger partial charge in [-0.2, -0.15) is 0 Å². The van der Waals surface area contributed by atoms with Gasteiger partial charge in [0.15, 0.2) is 24.5 Å². The van der Waals surface area contributed by atoms with E-state index in [0.29, 0.717) is 25.7 Å². The molecule has 4 saturated heterocycles. The summed E-state index contributed by atoms with van der Waals surface area (Å²) in [4.78, 5) is 74.4. The van der Waals surface area contributed by atoms with Crippen LogP contribution in [0, 0.1) is 0 Å². The number of aryl methyl sites for hydroxylation is 2. The second kappa shape index (κ2) is 16.4. The molecule has 0 bridgehead atoms. The molecule has 2 aromatic rings. The van der Waals surface area contributed by atoms with Gasteiger partial charge in [0.2, 0.25) is 11.8 Å². The van der Waals surface area contributed by atoms with Crippen LogP contribution in [0.4, 0.5) is 0 Å². The number of esters is 3. The van der Waals surface area contributed by atoms with E-state index >= 15 is 0 Å². The molecule has 4 aliphatic heterocycles. The number of hydrogen-bond acceptors (Lipinski definition) is 11. The van der Waals surface area contributed by atoms with Crippen molar-refractivity contribution in [1.82, 2.24) is 9.80 Å². The highest BCUT2D eigenvalue weighted by Gasteiger charge is 2.56. The highest BCUT2D eigenvalue weighted by atomic mass is 16.6. The van der Waals surface area contributed by atoms with E-state index in [9.17, 15) is 33.9 Å². The fraction of sp³-hybridized carbons (Fsp3) is 0.405. The van der Waals surface area contributed by atoms with Crippen molar-refractivity contribution in [3.05, 3.63) is 94.5 Å². The number of fused-ring (bicyclic) bond motifs is 2. The number of benzene rings is 2. The van der Waals surface area contributed by atoms with E-state index < -0.39 is 48.4 Å². The Bertz CT molecular complexity index is 1720. The van der Waals surface area contributed by atoms with Gasteiger partial charge in [-0.05, 0) is 49.7 Å². The molecule has 14 nitrogen and oxygen atoms in total. The molecule has 6 rings (SSSR count). The smallest absolute Gasteiger partial charge is 0.337 e. The fourth-order valence-corrected chi connectivity index (χ4v) is 6.44. The predicted molar refractivity (Wildman–Crippen MR) is 177 cm³/mol. The molecule has 51 heavy (non-hydrogen) atoms. The summed E-state index contributed by atoms with van der Waals surface area (Å²) in [5, 5.41) is 9.57. The van der Waals surface area contributed by atoms with Crippen LogP contribution < -0.4 is 0 Å². The molecule has 0 aromatic heterocycles. The number of aliphatic carboxylic acids is 1. The van der Waals surface area contributed by atoms with E-state index in [0.717, 1.165) is 17.5 Å². The van der Waals surface area contributed by atoms with Crippen LogP contribution in [0.1, 0.15) is 49.7 Å². The molecule has 1 N–H and O–H groups in total. The number of carboxylic acid groups (broad SMARTS) is 1. The Balaban J connectivity index is 0.000000198.